The molecule has 2 unspecified atom stereocenters. The summed E-state index contributed by atoms with van der Waals surface area (Å²) in [6.45, 7) is 5.10. The standard InChI is InChI=1S/C17H26Cl2N2/c1-2-4-13-5-3-9-21(10-8-13)17(12-20)15-7-6-14(18)11-16(15)19/h6-7,11,13,17H,2-5,8-10,12,20H2,1H3. The van der Waals surface area contributed by atoms with Crippen molar-refractivity contribution in [3.63, 3.8) is 0 Å². The van der Waals surface area contributed by atoms with Gasteiger partial charge in [-0.1, -0.05) is 49.0 Å². The molecule has 0 saturated carbocycles. The third-order valence-corrected chi connectivity index (χ3v) is 5.13. The van der Waals surface area contributed by atoms with Crippen molar-refractivity contribution in [2.75, 3.05) is 19.6 Å². The van der Waals surface area contributed by atoms with Crippen molar-refractivity contribution in [2.24, 2.45) is 11.7 Å². The zero-order chi connectivity index (χ0) is 15.2. The summed E-state index contributed by atoms with van der Waals surface area (Å²) in [5.74, 6) is 0.874. The van der Waals surface area contributed by atoms with E-state index in [9.17, 15) is 0 Å². The van der Waals surface area contributed by atoms with Crippen LogP contribution in [0.25, 0.3) is 0 Å². The molecule has 2 N–H and O–H groups in total. The molecule has 0 aromatic heterocycles. The van der Waals surface area contributed by atoms with Gasteiger partial charge >= 0.3 is 0 Å². The Balaban J connectivity index is 2.10. The van der Waals surface area contributed by atoms with Gasteiger partial charge in [0.05, 0.1) is 0 Å². The lowest BCUT2D eigenvalue weighted by atomic mass is 9.96. The van der Waals surface area contributed by atoms with Crippen LogP contribution in [0.3, 0.4) is 0 Å². The minimum atomic E-state index is 0.204. The van der Waals surface area contributed by atoms with E-state index in [1.165, 1.54) is 32.1 Å². The van der Waals surface area contributed by atoms with Crippen LogP contribution in [0.15, 0.2) is 18.2 Å². The van der Waals surface area contributed by atoms with E-state index >= 15 is 0 Å². The Labute approximate surface area is 138 Å². The highest BCUT2D eigenvalue weighted by atomic mass is 35.5. The largest absolute Gasteiger partial charge is 0.329 e. The second kappa shape index (κ2) is 8.38. The van der Waals surface area contributed by atoms with E-state index in [-0.39, 0.29) is 6.04 Å². The van der Waals surface area contributed by atoms with Crippen LogP contribution in [-0.2, 0) is 0 Å². The Bertz CT molecular complexity index is 450. The average Bonchev–Trinajstić information content (AvgIpc) is 2.68. The summed E-state index contributed by atoms with van der Waals surface area (Å²) in [7, 11) is 0. The van der Waals surface area contributed by atoms with Gasteiger partial charge in [0.1, 0.15) is 0 Å². The van der Waals surface area contributed by atoms with E-state index in [0.29, 0.717) is 11.6 Å². The second-order valence-corrected chi connectivity index (χ2v) is 6.88. The third kappa shape index (κ3) is 4.59. The Hall–Kier alpha value is -0.280. The van der Waals surface area contributed by atoms with Crippen LogP contribution in [0.4, 0.5) is 0 Å². The van der Waals surface area contributed by atoms with Gasteiger partial charge in [-0.15, -0.1) is 0 Å². The van der Waals surface area contributed by atoms with Gasteiger partial charge in [-0.25, -0.2) is 0 Å². The van der Waals surface area contributed by atoms with Crippen molar-refractivity contribution in [3.05, 3.63) is 33.8 Å². The van der Waals surface area contributed by atoms with Crippen LogP contribution in [0.2, 0.25) is 10.0 Å². The number of nitrogens with zero attached hydrogens (tertiary/aromatic N) is 1. The summed E-state index contributed by atoms with van der Waals surface area (Å²) in [5, 5.41) is 1.41. The number of hydrogen-bond donors (Lipinski definition) is 1. The van der Waals surface area contributed by atoms with Crippen LogP contribution in [-0.4, -0.2) is 24.5 Å². The maximum Gasteiger partial charge on any atom is 0.0485 e. The topological polar surface area (TPSA) is 29.3 Å². The van der Waals surface area contributed by atoms with Gasteiger partial charge in [-0.05, 0) is 56.0 Å². The molecule has 118 valence electrons. The summed E-state index contributed by atoms with van der Waals surface area (Å²) in [4.78, 5) is 2.50. The summed E-state index contributed by atoms with van der Waals surface area (Å²) in [5.41, 5.74) is 7.16. The molecule has 0 radical (unpaired) electrons. The minimum Gasteiger partial charge on any atom is -0.329 e. The zero-order valence-electron chi connectivity index (χ0n) is 12.8. The van der Waals surface area contributed by atoms with E-state index < -0.39 is 0 Å². The molecular weight excluding hydrogens is 303 g/mol. The first-order valence-electron chi connectivity index (χ1n) is 8.04. The Kier molecular flexibility index (Phi) is 6.81. The first-order valence-corrected chi connectivity index (χ1v) is 8.80. The maximum absolute atomic E-state index is 6.37. The quantitative estimate of drug-likeness (QED) is 0.833. The minimum absolute atomic E-state index is 0.204. The van der Waals surface area contributed by atoms with Crippen LogP contribution >= 0.6 is 23.2 Å². The molecule has 1 heterocycles. The Morgan fingerprint density at radius 3 is 2.76 bits per heavy atom. The van der Waals surface area contributed by atoms with Crippen molar-refractivity contribution < 1.29 is 0 Å². The van der Waals surface area contributed by atoms with E-state index in [0.717, 1.165) is 29.6 Å². The molecule has 1 fully saturated rings. The molecule has 1 aliphatic rings. The molecule has 1 aliphatic heterocycles. The van der Waals surface area contributed by atoms with Crippen molar-refractivity contribution in [3.8, 4) is 0 Å². The van der Waals surface area contributed by atoms with Crippen LogP contribution < -0.4 is 5.73 Å². The van der Waals surface area contributed by atoms with Gasteiger partial charge in [-0.2, -0.15) is 0 Å². The molecule has 2 nitrogen and oxygen atoms in total. The number of nitrogens with two attached hydrogens (primary N) is 1. The van der Waals surface area contributed by atoms with Crippen LogP contribution in [0.1, 0.15) is 50.6 Å². The molecule has 4 heteroatoms. The van der Waals surface area contributed by atoms with Gasteiger partial charge in [0, 0.05) is 22.6 Å². The molecule has 1 saturated heterocycles. The molecule has 0 amide bonds. The van der Waals surface area contributed by atoms with Gasteiger partial charge in [0.2, 0.25) is 0 Å². The third-order valence-electron chi connectivity index (χ3n) is 4.56. The predicted molar refractivity (Wildman–Crippen MR) is 92.1 cm³/mol. The molecule has 1 aromatic carbocycles. The van der Waals surface area contributed by atoms with Crippen LogP contribution in [0.5, 0.6) is 0 Å². The highest BCUT2D eigenvalue weighted by Gasteiger charge is 2.24. The highest BCUT2D eigenvalue weighted by Crippen LogP contribution is 2.32. The molecule has 2 atom stereocenters. The normalized spacial score (nSPS) is 22.0. The SMILES string of the molecule is CCCC1CCCN(C(CN)c2ccc(Cl)cc2Cl)CC1. The number of likely N-dealkylation sites (tertiary alicyclic amines) is 1. The zero-order valence-corrected chi connectivity index (χ0v) is 14.3. The van der Waals surface area contributed by atoms with E-state index in [1.54, 1.807) is 0 Å². The van der Waals surface area contributed by atoms with Gasteiger partial charge in [-0.3, -0.25) is 4.90 Å². The number of benzene rings is 1. The second-order valence-electron chi connectivity index (χ2n) is 6.04. The summed E-state index contributed by atoms with van der Waals surface area (Å²) >= 11 is 12.4. The molecule has 0 bridgehead atoms. The van der Waals surface area contributed by atoms with Gasteiger partial charge in [0.15, 0.2) is 0 Å². The lowest BCUT2D eigenvalue weighted by molar-refractivity contribution is 0.206. The molecule has 1 aromatic rings. The van der Waals surface area contributed by atoms with Crippen molar-refractivity contribution in [1.82, 2.24) is 4.90 Å². The monoisotopic (exact) mass is 328 g/mol. The molecular formula is C17H26Cl2N2. The fourth-order valence-corrected chi connectivity index (χ4v) is 3.98. The van der Waals surface area contributed by atoms with E-state index in [2.05, 4.69) is 11.8 Å². The van der Waals surface area contributed by atoms with Crippen LogP contribution in [0, 0.1) is 5.92 Å². The average molecular weight is 329 g/mol. The summed E-state index contributed by atoms with van der Waals surface area (Å²) in [6, 6.07) is 5.95. The van der Waals surface area contributed by atoms with E-state index in [4.69, 9.17) is 28.9 Å². The van der Waals surface area contributed by atoms with E-state index in [1.807, 2.05) is 18.2 Å². The number of hydrogen-bond acceptors (Lipinski definition) is 2. The number of halogens is 2. The fourth-order valence-electron chi connectivity index (χ4n) is 3.44. The van der Waals surface area contributed by atoms with Gasteiger partial charge < -0.3 is 5.73 Å². The lowest BCUT2D eigenvalue weighted by Crippen LogP contribution is -2.34. The van der Waals surface area contributed by atoms with Crippen molar-refractivity contribution in [1.29, 1.82) is 0 Å². The summed E-state index contributed by atoms with van der Waals surface area (Å²) < 4.78 is 0. The molecule has 2 rings (SSSR count). The smallest absolute Gasteiger partial charge is 0.0485 e. The first kappa shape index (κ1) is 17.1. The lowest BCUT2D eigenvalue weighted by Gasteiger charge is -2.30. The molecule has 21 heavy (non-hydrogen) atoms. The fraction of sp³-hybridized carbons (Fsp3) is 0.647. The maximum atomic E-state index is 6.37. The van der Waals surface area contributed by atoms with Gasteiger partial charge in [0.25, 0.3) is 0 Å². The Morgan fingerprint density at radius 2 is 2.10 bits per heavy atom. The summed E-state index contributed by atoms with van der Waals surface area (Å²) in [6.07, 6.45) is 6.51. The highest BCUT2D eigenvalue weighted by molar-refractivity contribution is 6.35. The van der Waals surface area contributed by atoms with Crippen molar-refractivity contribution >= 4 is 23.2 Å². The first-order chi connectivity index (χ1) is 10.2. The number of rotatable bonds is 5. The predicted octanol–water partition coefficient (Wildman–Crippen LogP) is 4.90. The molecule has 0 spiro atoms. The molecule has 0 aliphatic carbocycles. The Morgan fingerprint density at radius 1 is 1.29 bits per heavy atom. The van der Waals surface area contributed by atoms with Crippen molar-refractivity contribution in [2.45, 2.75) is 45.1 Å².